The van der Waals surface area contributed by atoms with Crippen LogP contribution in [0.15, 0.2) is 0 Å². The van der Waals surface area contributed by atoms with Crippen molar-refractivity contribution in [3.05, 3.63) is 0 Å². The van der Waals surface area contributed by atoms with Gasteiger partial charge in [0.2, 0.25) is 0 Å². The molecule has 0 aromatic rings. The smallest absolute Gasteiger partial charge is 0.0584 e. The normalized spacial score (nSPS) is 16.4. The Bertz CT molecular complexity index is 85.6. The molecule has 0 bridgehead atoms. The molecule has 2 unspecified atom stereocenters. The predicted molar refractivity (Wildman–Crippen MR) is 48.7 cm³/mol. The second-order valence-corrected chi connectivity index (χ2v) is 3.14. The van der Waals surface area contributed by atoms with E-state index >= 15 is 0 Å². The van der Waals surface area contributed by atoms with Gasteiger partial charge >= 0.3 is 0 Å². The highest BCUT2D eigenvalue weighted by molar-refractivity contribution is 4.68. The standard InChI is InChI=1S/C9H21NO/c1-4-6-9(7-11)10-8(3)5-2/h8-11H,4-7H2,1-3H3. The maximum absolute atomic E-state index is 8.94. The Kier molecular flexibility index (Phi) is 6.57. The Morgan fingerprint density at radius 3 is 2.36 bits per heavy atom. The van der Waals surface area contributed by atoms with Crippen LogP contribution in [0.2, 0.25) is 0 Å². The molecule has 2 heteroatoms. The van der Waals surface area contributed by atoms with E-state index in [2.05, 4.69) is 26.1 Å². The number of nitrogens with one attached hydrogen (secondary N) is 1. The molecule has 0 heterocycles. The van der Waals surface area contributed by atoms with Gasteiger partial charge in [-0.15, -0.1) is 0 Å². The lowest BCUT2D eigenvalue weighted by molar-refractivity contribution is 0.224. The fraction of sp³-hybridized carbons (Fsp3) is 1.00. The molecule has 0 aliphatic rings. The first kappa shape index (κ1) is 10.9. The van der Waals surface area contributed by atoms with Gasteiger partial charge in [0.05, 0.1) is 6.61 Å². The summed E-state index contributed by atoms with van der Waals surface area (Å²) in [4.78, 5) is 0. The molecule has 68 valence electrons. The van der Waals surface area contributed by atoms with Gasteiger partial charge in [0.25, 0.3) is 0 Å². The minimum atomic E-state index is 0.262. The van der Waals surface area contributed by atoms with Crippen LogP contribution in [0.25, 0.3) is 0 Å². The zero-order chi connectivity index (χ0) is 8.69. The molecule has 0 saturated carbocycles. The van der Waals surface area contributed by atoms with Crippen LogP contribution in [-0.4, -0.2) is 23.8 Å². The maximum Gasteiger partial charge on any atom is 0.0584 e. The van der Waals surface area contributed by atoms with Gasteiger partial charge in [-0.25, -0.2) is 0 Å². The van der Waals surface area contributed by atoms with E-state index in [0.717, 1.165) is 19.3 Å². The van der Waals surface area contributed by atoms with Crippen molar-refractivity contribution in [3.63, 3.8) is 0 Å². The van der Waals surface area contributed by atoms with Crippen LogP contribution in [0.3, 0.4) is 0 Å². The molecule has 2 N–H and O–H groups in total. The Labute approximate surface area is 70.0 Å². The van der Waals surface area contributed by atoms with E-state index in [0.29, 0.717) is 12.1 Å². The van der Waals surface area contributed by atoms with Crippen LogP contribution in [0.1, 0.15) is 40.0 Å². The van der Waals surface area contributed by atoms with Gasteiger partial charge in [-0.3, -0.25) is 0 Å². The molecule has 11 heavy (non-hydrogen) atoms. The fourth-order valence-corrected chi connectivity index (χ4v) is 1.10. The first-order chi connectivity index (χ1) is 5.24. The van der Waals surface area contributed by atoms with E-state index in [9.17, 15) is 0 Å². The van der Waals surface area contributed by atoms with E-state index in [-0.39, 0.29) is 6.61 Å². The summed E-state index contributed by atoms with van der Waals surface area (Å²) in [6.45, 7) is 6.70. The van der Waals surface area contributed by atoms with Crippen molar-refractivity contribution in [2.75, 3.05) is 6.61 Å². The molecule has 0 fully saturated rings. The van der Waals surface area contributed by atoms with Crippen LogP contribution in [0, 0.1) is 0 Å². The molecule has 2 nitrogen and oxygen atoms in total. The van der Waals surface area contributed by atoms with Crippen LogP contribution in [-0.2, 0) is 0 Å². The van der Waals surface area contributed by atoms with E-state index in [1.165, 1.54) is 0 Å². The average Bonchev–Trinajstić information content (AvgIpc) is 2.03. The van der Waals surface area contributed by atoms with Crippen molar-refractivity contribution < 1.29 is 5.11 Å². The van der Waals surface area contributed by atoms with Crippen molar-refractivity contribution in [3.8, 4) is 0 Å². The third-order valence-electron chi connectivity index (χ3n) is 1.99. The molecule has 0 radical (unpaired) electrons. The molecule has 0 saturated heterocycles. The maximum atomic E-state index is 8.94. The number of hydrogen-bond donors (Lipinski definition) is 2. The first-order valence-corrected chi connectivity index (χ1v) is 4.61. The molecular weight excluding hydrogens is 138 g/mol. The number of aliphatic hydroxyl groups excluding tert-OH is 1. The highest BCUT2D eigenvalue weighted by Gasteiger charge is 2.07. The Morgan fingerprint density at radius 2 is 2.00 bits per heavy atom. The van der Waals surface area contributed by atoms with Gasteiger partial charge in [0, 0.05) is 12.1 Å². The van der Waals surface area contributed by atoms with Gasteiger partial charge in [0.15, 0.2) is 0 Å². The van der Waals surface area contributed by atoms with Gasteiger partial charge in [0.1, 0.15) is 0 Å². The Hall–Kier alpha value is -0.0800. The minimum absolute atomic E-state index is 0.262. The summed E-state index contributed by atoms with van der Waals surface area (Å²) in [5, 5.41) is 12.3. The second-order valence-electron chi connectivity index (χ2n) is 3.14. The van der Waals surface area contributed by atoms with Gasteiger partial charge in [-0.2, -0.15) is 0 Å². The van der Waals surface area contributed by atoms with Crippen LogP contribution >= 0.6 is 0 Å². The summed E-state index contributed by atoms with van der Waals surface area (Å²) in [6, 6.07) is 0.827. The highest BCUT2D eigenvalue weighted by atomic mass is 16.3. The zero-order valence-electron chi connectivity index (χ0n) is 7.93. The third-order valence-corrected chi connectivity index (χ3v) is 1.99. The Balaban J connectivity index is 3.49. The number of aliphatic hydroxyl groups is 1. The van der Waals surface area contributed by atoms with Crippen LogP contribution in [0.5, 0.6) is 0 Å². The predicted octanol–water partition coefficient (Wildman–Crippen LogP) is 1.54. The van der Waals surface area contributed by atoms with Crippen molar-refractivity contribution in [2.24, 2.45) is 0 Å². The highest BCUT2D eigenvalue weighted by Crippen LogP contribution is 1.98. The third kappa shape index (κ3) is 5.22. The number of hydrogen-bond acceptors (Lipinski definition) is 2. The van der Waals surface area contributed by atoms with Gasteiger partial charge in [-0.1, -0.05) is 20.3 Å². The monoisotopic (exact) mass is 159 g/mol. The molecule has 0 amide bonds. The van der Waals surface area contributed by atoms with Gasteiger partial charge in [-0.05, 0) is 19.8 Å². The molecule has 0 aliphatic carbocycles. The summed E-state index contributed by atoms with van der Waals surface area (Å²) < 4.78 is 0. The molecule has 0 rings (SSSR count). The topological polar surface area (TPSA) is 32.3 Å². The van der Waals surface area contributed by atoms with Crippen LogP contribution < -0.4 is 5.32 Å². The number of rotatable bonds is 6. The van der Waals surface area contributed by atoms with Crippen LogP contribution in [0.4, 0.5) is 0 Å². The zero-order valence-corrected chi connectivity index (χ0v) is 7.93. The van der Waals surface area contributed by atoms with Crippen molar-refractivity contribution >= 4 is 0 Å². The largest absolute Gasteiger partial charge is 0.395 e. The minimum Gasteiger partial charge on any atom is -0.395 e. The molecule has 2 atom stereocenters. The molecule has 0 spiro atoms. The lowest BCUT2D eigenvalue weighted by Gasteiger charge is -2.19. The molecular formula is C9H21NO. The van der Waals surface area contributed by atoms with E-state index < -0.39 is 0 Å². The van der Waals surface area contributed by atoms with Crippen molar-refractivity contribution in [1.82, 2.24) is 5.32 Å². The molecule has 0 aliphatic heterocycles. The fourth-order valence-electron chi connectivity index (χ4n) is 1.10. The lowest BCUT2D eigenvalue weighted by Crippen LogP contribution is -2.38. The average molecular weight is 159 g/mol. The van der Waals surface area contributed by atoms with E-state index in [4.69, 9.17) is 5.11 Å². The van der Waals surface area contributed by atoms with E-state index in [1.807, 2.05) is 0 Å². The molecule has 0 aromatic carbocycles. The summed E-state index contributed by atoms with van der Waals surface area (Å²) in [7, 11) is 0. The summed E-state index contributed by atoms with van der Waals surface area (Å²) in [5.74, 6) is 0. The van der Waals surface area contributed by atoms with E-state index in [1.54, 1.807) is 0 Å². The summed E-state index contributed by atoms with van der Waals surface area (Å²) >= 11 is 0. The quantitative estimate of drug-likeness (QED) is 0.616. The Morgan fingerprint density at radius 1 is 1.36 bits per heavy atom. The van der Waals surface area contributed by atoms with Gasteiger partial charge < -0.3 is 10.4 Å². The summed E-state index contributed by atoms with van der Waals surface area (Å²) in [5.41, 5.74) is 0. The SMILES string of the molecule is CCCC(CO)NC(C)CC. The molecule has 0 aromatic heterocycles. The lowest BCUT2D eigenvalue weighted by atomic mass is 10.1. The second kappa shape index (κ2) is 6.62. The van der Waals surface area contributed by atoms with Crippen molar-refractivity contribution in [1.29, 1.82) is 0 Å². The first-order valence-electron chi connectivity index (χ1n) is 4.61. The summed E-state index contributed by atoms with van der Waals surface area (Å²) in [6.07, 6.45) is 3.33. The van der Waals surface area contributed by atoms with Crippen molar-refractivity contribution in [2.45, 2.75) is 52.1 Å².